The molecule has 0 radical (unpaired) electrons. The topological polar surface area (TPSA) is 104 Å². The molecule has 0 aromatic heterocycles. The largest absolute Gasteiger partial charge is 0.495 e. The number of hydrogen-bond donors (Lipinski definition) is 0. The minimum Gasteiger partial charge on any atom is -0.495 e. The number of anilines is 1. The molecule has 0 spiro atoms. The molecule has 0 atom stereocenters. The zero-order valence-corrected chi connectivity index (χ0v) is 21.0. The van der Waals surface area contributed by atoms with Crippen LogP contribution < -0.4 is 9.04 Å². The van der Waals surface area contributed by atoms with E-state index < -0.39 is 32.5 Å². The predicted molar refractivity (Wildman–Crippen MR) is 127 cm³/mol. The molecule has 1 aliphatic rings. The number of carbonyl (C=O) groups excluding carboxylic acids is 1. The summed E-state index contributed by atoms with van der Waals surface area (Å²) in [6.07, 6.45) is 1.00. The second kappa shape index (κ2) is 9.88. The number of carbonyl (C=O) groups is 1. The molecule has 2 aromatic rings. The molecule has 3 rings (SSSR count). The van der Waals surface area contributed by atoms with E-state index in [1.54, 1.807) is 24.3 Å². The molecule has 1 heterocycles. The van der Waals surface area contributed by atoms with Crippen molar-refractivity contribution < 1.29 is 26.4 Å². The molecular formula is C21H26ClN3O6S2. The number of benzene rings is 2. The number of methoxy groups -OCH3 is 1. The van der Waals surface area contributed by atoms with Gasteiger partial charge in [-0.3, -0.25) is 9.10 Å². The van der Waals surface area contributed by atoms with Crippen LogP contribution in [0.15, 0.2) is 47.4 Å². The molecule has 0 aliphatic carbocycles. The summed E-state index contributed by atoms with van der Waals surface area (Å²) in [6.45, 7) is 2.01. The average Bonchev–Trinajstić information content (AvgIpc) is 2.77. The summed E-state index contributed by atoms with van der Waals surface area (Å²) >= 11 is 6.12. The minimum atomic E-state index is -3.78. The van der Waals surface area contributed by atoms with Gasteiger partial charge in [-0.15, -0.1) is 0 Å². The van der Waals surface area contributed by atoms with E-state index >= 15 is 0 Å². The zero-order valence-electron chi connectivity index (χ0n) is 18.6. The van der Waals surface area contributed by atoms with Gasteiger partial charge < -0.3 is 9.64 Å². The lowest BCUT2D eigenvalue weighted by Crippen LogP contribution is -2.53. The fourth-order valence-corrected chi connectivity index (χ4v) is 5.99. The first-order chi connectivity index (χ1) is 15.4. The molecule has 33 heavy (non-hydrogen) atoms. The predicted octanol–water partition coefficient (Wildman–Crippen LogP) is 1.96. The van der Waals surface area contributed by atoms with E-state index in [2.05, 4.69) is 0 Å². The van der Waals surface area contributed by atoms with Gasteiger partial charge in [-0.05, 0) is 37.3 Å². The third-order valence-electron chi connectivity index (χ3n) is 5.35. The Labute approximate surface area is 199 Å². The van der Waals surface area contributed by atoms with Crippen molar-refractivity contribution in [1.29, 1.82) is 0 Å². The van der Waals surface area contributed by atoms with E-state index in [9.17, 15) is 21.6 Å². The van der Waals surface area contributed by atoms with Gasteiger partial charge in [0.05, 0.1) is 29.0 Å². The van der Waals surface area contributed by atoms with Crippen LogP contribution in [0.3, 0.4) is 0 Å². The van der Waals surface area contributed by atoms with Gasteiger partial charge in [0.25, 0.3) is 0 Å². The van der Waals surface area contributed by atoms with Crippen LogP contribution in [-0.4, -0.2) is 78.0 Å². The average molecular weight is 516 g/mol. The van der Waals surface area contributed by atoms with E-state index in [-0.39, 0.29) is 41.8 Å². The van der Waals surface area contributed by atoms with Gasteiger partial charge in [0.15, 0.2) is 0 Å². The normalized spacial score (nSPS) is 15.3. The molecule has 9 nitrogen and oxygen atoms in total. The third-order valence-corrected chi connectivity index (χ3v) is 8.70. The Morgan fingerprint density at radius 2 is 1.64 bits per heavy atom. The highest BCUT2D eigenvalue weighted by Gasteiger charge is 2.31. The molecule has 0 N–H and O–H groups in total. The first kappa shape index (κ1) is 25.3. The van der Waals surface area contributed by atoms with Gasteiger partial charge in [-0.2, -0.15) is 4.31 Å². The Bertz CT molecular complexity index is 1230. The number of halogens is 1. The number of ether oxygens (including phenoxy) is 1. The number of aryl methyl sites for hydroxylation is 1. The van der Waals surface area contributed by atoms with E-state index in [1.165, 1.54) is 34.5 Å². The molecule has 0 bridgehead atoms. The molecule has 1 saturated heterocycles. The Morgan fingerprint density at radius 3 is 2.15 bits per heavy atom. The van der Waals surface area contributed by atoms with Crippen LogP contribution >= 0.6 is 11.6 Å². The third kappa shape index (κ3) is 5.78. The summed E-state index contributed by atoms with van der Waals surface area (Å²) in [5.74, 6) is -0.0501. The molecule has 180 valence electrons. The lowest BCUT2D eigenvalue weighted by molar-refractivity contribution is -0.130. The van der Waals surface area contributed by atoms with Gasteiger partial charge in [0.2, 0.25) is 26.0 Å². The maximum atomic E-state index is 12.9. The number of piperazine rings is 1. The van der Waals surface area contributed by atoms with Crippen molar-refractivity contribution in [2.75, 3.05) is 50.4 Å². The standard InChI is InChI=1S/C21H26ClN3O6S2/c1-16-4-7-18(8-5-16)33(29,30)24-12-10-23(11-13-24)21(26)15-25(32(3,27)28)17-6-9-20(31-2)19(22)14-17/h4-9,14H,10-13,15H2,1-3H3. The number of hydrogen-bond acceptors (Lipinski definition) is 6. The van der Waals surface area contributed by atoms with Crippen LogP contribution in [-0.2, 0) is 24.8 Å². The lowest BCUT2D eigenvalue weighted by Gasteiger charge is -2.35. The maximum Gasteiger partial charge on any atom is 0.243 e. The zero-order chi connectivity index (χ0) is 24.4. The van der Waals surface area contributed by atoms with Gasteiger partial charge in [0.1, 0.15) is 12.3 Å². The molecule has 1 amide bonds. The van der Waals surface area contributed by atoms with Gasteiger partial charge >= 0.3 is 0 Å². The van der Waals surface area contributed by atoms with Crippen molar-refractivity contribution in [1.82, 2.24) is 9.21 Å². The van der Waals surface area contributed by atoms with Crippen LogP contribution in [0.1, 0.15) is 5.56 Å². The van der Waals surface area contributed by atoms with Crippen molar-refractivity contribution in [2.24, 2.45) is 0 Å². The molecule has 2 aromatic carbocycles. The second-order valence-electron chi connectivity index (χ2n) is 7.69. The van der Waals surface area contributed by atoms with Crippen LogP contribution in [0.25, 0.3) is 0 Å². The Balaban J connectivity index is 1.70. The summed E-state index contributed by atoms with van der Waals surface area (Å²) in [5, 5.41) is 0.214. The number of amides is 1. The van der Waals surface area contributed by atoms with Crippen LogP contribution in [0.4, 0.5) is 5.69 Å². The van der Waals surface area contributed by atoms with Crippen LogP contribution in [0.2, 0.25) is 5.02 Å². The smallest absolute Gasteiger partial charge is 0.243 e. The number of sulfonamides is 2. The summed E-state index contributed by atoms with van der Waals surface area (Å²) < 4.78 is 57.9. The summed E-state index contributed by atoms with van der Waals surface area (Å²) in [7, 11) is -6.01. The summed E-state index contributed by atoms with van der Waals surface area (Å²) in [5.41, 5.74) is 1.19. The number of rotatable bonds is 7. The van der Waals surface area contributed by atoms with Crippen molar-refractivity contribution in [2.45, 2.75) is 11.8 Å². The highest BCUT2D eigenvalue weighted by molar-refractivity contribution is 7.92. The van der Waals surface area contributed by atoms with E-state index in [0.717, 1.165) is 16.1 Å². The number of nitrogens with zero attached hydrogens (tertiary/aromatic N) is 3. The summed E-state index contributed by atoms with van der Waals surface area (Å²) in [6, 6.07) is 11.0. The fourth-order valence-electron chi connectivity index (χ4n) is 3.47. The van der Waals surface area contributed by atoms with Crippen molar-refractivity contribution in [3.8, 4) is 5.75 Å². The first-order valence-corrected chi connectivity index (χ1v) is 13.8. The van der Waals surface area contributed by atoms with Gasteiger partial charge in [-0.25, -0.2) is 16.8 Å². The van der Waals surface area contributed by atoms with Crippen molar-refractivity contribution >= 4 is 43.2 Å². The second-order valence-corrected chi connectivity index (χ2v) is 11.9. The fraction of sp³-hybridized carbons (Fsp3) is 0.381. The minimum absolute atomic E-state index is 0.120. The lowest BCUT2D eigenvalue weighted by atomic mass is 10.2. The Hall–Kier alpha value is -2.34. The SMILES string of the molecule is COc1ccc(N(CC(=O)N2CCN(S(=O)(=O)c3ccc(C)cc3)CC2)S(C)(=O)=O)cc1Cl. The Kier molecular flexibility index (Phi) is 7.57. The maximum absolute atomic E-state index is 12.9. The monoisotopic (exact) mass is 515 g/mol. The highest BCUT2D eigenvalue weighted by atomic mass is 35.5. The molecular weight excluding hydrogens is 490 g/mol. The van der Waals surface area contributed by atoms with Crippen LogP contribution in [0.5, 0.6) is 5.75 Å². The van der Waals surface area contributed by atoms with E-state index in [4.69, 9.17) is 16.3 Å². The van der Waals surface area contributed by atoms with E-state index in [0.29, 0.717) is 5.75 Å². The molecule has 0 saturated carbocycles. The molecule has 12 heteroatoms. The van der Waals surface area contributed by atoms with Crippen LogP contribution in [0, 0.1) is 6.92 Å². The quantitative estimate of drug-likeness (QED) is 0.558. The van der Waals surface area contributed by atoms with Crippen molar-refractivity contribution in [3.05, 3.63) is 53.1 Å². The molecule has 1 fully saturated rings. The molecule has 1 aliphatic heterocycles. The van der Waals surface area contributed by atoms with Gasteiger partial charge in [-0.1, -0.05) is 29.3 Å². The first-order valence-electron chi connectivity index (χ1n) is 10.1. The van der Waals surface area contributed by atoms with Gasteiger partial charge in [0, 0.05) is 26.2 Å². The molecule has 0 unspecified atom stereocenters. The van der Waals surface area contributed by atoms with E-state index in [1.807, 2.05) is 6.92 Å². The summed E-state index contributed by atoms with van der Waals surface area (Å²) in [4.78, 5) is 14.6. The Morgan fingerprint density at radius 1 is 1.03 bits per heavy atom. The van der Waals surface area contributed by atoms with Crippen molar-refractivity contribution in [3.63, 3.8) is 0 Å². The highest BCUT2D eigenvalue weighted by Crippen LogP contribution is 2.30.